The summed E-state index contributed by atoms with van der Waals surface area (Å²) in [6, 6.07) is 6.44. The summed E-state index contributed by atoms with van der Waals surface area (Å²) in [7, 11) is 0. The zero-order chi connectivity index (χ0) is 18.3. The number of imidazole rings is 1. The van der Waals surface area contributed by atoms with E-state index in [1.54, 1.807) is 12.1 Å². The van der Waals surface area contributed by atoms with Crippen LogP contribution in [0.2, 0.25) is 5.02 Å². The van der Waals surface area contributed by atoms with Crippen molar-refractivity contribution in [2.45, 2.75) is 57.5 Å². The highest BCUT2D eigenvalue weighted by Gasteiger charge is 2.29. The number of aromatic nitrogens is 2. The van der Waals surface area contributed by atoms with E-state index in [0.717, 1.165) is 43.4 Å². The first-order valence-corrected chi connectivity index (χ1v) is 10.0. The van der Waals surface area contributed by atoms with E-state index in [2.05, 4.69) is 22.9 Å². The van der Waals surface area contributed by atoms with E-state index in [4.69, 9.17) is 11.6 Å². The van der Waals surface area contributed by atoms with Crippen LogP contribution in [-0.2, 0) is 0 Å². The Balaban J connectivity index is 1.53. The number of benzene rings is 1. The highest BCUT2D eigenvalue weighted by Crippen LogP contribution is 2.32. The summed E-state index contributed by atoms with van der Waals surface area (Å²) in [5.41, 5.74) is 1.82. The lowest BCUT2D eigenvalue weighted by Gasteiger charge is -2.40. The van der Waals surface area contributed by atoms with E-state index < -0.39 is 0 Å². The largest absolute Gasteiger partial charge is 0.326 e. The van der Waals surface area contributed by atoms with Crippen LogP contribution in [0.15, 0.2) is 16.9 Å². The number of piperidine rings is 1. The molecule has 0 amide bonds. The molecule has 138 valence electrons. The van der Waals surface area contributed by atoms with E-state index in [0.29, 0.717) is 16.1 Å². The molecule has 2 aliphatic rings. The first-order valence-electron chi connectivity index (χ1n) is 9.64. The van der Waals surface area contributed by atoms with Crippen LogP contribution in [0, 0.1) is 17.2 Å². The maximum absolute atomic E-state index is 12.5. The summed E-state index contributed by atoms with van der Waals surface area (Å²) >= 11 is 6.11. The van der Waals surface area contributed by atoms with Crippen LogP contribution in [0.1, 0.15) is 57.1 Å². The summed E-state index contributed by atoms with van der Waals surface area (Å²) in [5, 5.41) is 9.63. The second kappa shape index (κ2) is 7.09. The van der Waals surface area contributed by atoms with Gasteiger partial charge in [-0.25, -0.2) is 4.79 Å². The van der Waals surface area contributed by atoms with Crippen LogP contribution in [0.25, 0.3) is 11.0 Å². The van der Waals surface area contributed by atoms with Gasteiger partial charge in [-0.1, -0.05) is 18.5 Å². The van der Waals surface area contributed by atoms with Gasteiger partial charge in [-0.2, -0.15) is 5.26 Å². The number of hydrogen-bond acceptors (Lipinski definition) is 3. The van der Waals surface area contributed by atoms with Crippen molar-refractivity contribution >= 4 is 22.6 Å². The molecule has 1 saturated carbocycles. The Morgan fingerprint density at radius 2 is 1.81 bits per heavy atom. The van der Waals surface area contributed by atoms with Gasteiger partial charge >= 0.3 is 5.69 Å². The lowest BCUT2D eigenvalue weighted by molar-refractivity contribution is 0.0989. The minimum atomic E-state index is -0.101. The monoisotopic (exact) mass is 372 g/mol. The Morgan fingerprint density at radius 3 is 2.46 bits per heavy atom. The molecular weight excluding hydrogens is 348 g/mol. The topological polar surface area (TPSA) is 64.8 Å². The predicted molar refractivity (Wildman–Crippen MR) is 104 cm³/mol. The molecule has 1 aliphatic carbocycles. The van der Waals surface area contributed by atoms with Gasteiger partial charge in [0.15, 0.2) is 0 Å². The standard InChI is InChI=1S/C20H25ClN4O/c1-13-2-4-15(5-3-13)24-8-6-16(7-9-24)25-19-10-14(12-22)17(21)11-18(19)23-20(25)26/h10-11,13,15-16H,2-9H2,1H3,(H,23,26). The minimum absolute atomic E-state index is 0.101. The smallest absolute Gasteiger partial charge is 0.305 e. The van der Waals surface area contributed by atoms with Crippen LogP contribution in [-0.4, -0.2) is 33.6 Å². The molecule has 26 heavy (non-hydrogen) atoms. The fraction of sp³-hybridized carbons (Fsp3) is 0.600. The fourth-order valence-corrected chi connectivity index (χ4v) is 4.92. The summed E-state index contributed by atoms with van der Waals surface area (Å²) in [4.78, 5) is 18.1. The normalized spacial score (nSPS) is 25.4. The first-order chi connectivity index (χ1) is 12.6. The van der Waals surface area contributed by atoms with Crippen molar-refractivity contribution in [2.75, 3.05) is 13.1 Å². The van der Waals surface area contributed by atoms with Gasteiger partial charge in [0.1, 0.15) is 6.07 Å². The van der Waals surface area contributed by atoms with E-state index in [9.17, 15) is 10.1 Å². The molecule has 0 radical (unpaired) electrons. The summed E-state index contributed by atoms with van der Waals surface area (Å²) in [6.45, 7) is 4.44. The molecule has 1 aromatic carbocycles. The molecule has 0 bridgehead atoms. The molecule has 4 rings (SSSR count). The fourth-order valence-electron chi connectivity index (χ4n) is 4.71. The van der Waals surface area contributed by atoms with Crippen molar-refractivity contribution in [3.63, 3.8) is 0 Å². The SMILES string of the molecule is CC1CCC(N2CCC(n3c(=O)[nH]c4cc(Cl)c(C#N)cc43)CC2)CC1. The summed E-state index contributed by atoms with van der Waals surface area (Å²) < 4.78 is 1.84. The molecule has 5 nitrogen and oxygen atoms in total. The van der Waals surface area contributed by atoms with Crippen LogP contribution >= 0.6 is 11.6 Å². The van der Waals surface area contributed by atoms with Gasteiger partial charge in [0.2, 0.25) is 0 Å². The molecule has 6 heteroatoms. The summed E-state index contributed by atoms with van der Waals surface area (Å²) in [5.74, 6) is 0.870. The minimum Gasteiger partial charge on any atom is -0.305 e. The van der Waals surface area contributed by atoms with Crippen LogP contribution in [0.3, 0.4) is 0 Å². The molecule has 0 atom stereocenters. The highest BCUT2D eigenvalue weighted by molar-refractivity contribution is 6.32. The molecule has 2 aromatic rings. The third-order valence-electron chi connectivity index (χ3n) is 6.29. The van der Waals surface area contributed by atoms with Gasteiger partial charge in [0.25, 0.3) is 0 Å². The Bertz CT molecular complexity index is 893. The summed E-state index contributed by atoms with van der Waals surface area (Å²) in [6.07, 6.45) is 7.24. The zero-order valence-electron chi connectivity index (χ0n) is 15.2. The van der Waals surface area contributed by atoms with Crippen LogP contribution < -0.4 is 5.69 Å². The molecule has 0 spiro atoms. The Hall–Kier alpha value is -1.77. The number of fused-ring (bicyclic) bond motifs is 1. The second-order valence-corrected chi connectivity index (χ2v) is 8.35. The molecule has 0 unspecified atom stereocenters. The van der Waals surface area contributed by atoms with Gasteiger partial charge in [0, 0.05) is 25.2 Å². The van der Waals surface area contributed by atoms with Crippen molar-refractivity contribution in [1.82, 2.24) is 14.5 Å². The van der Waals surface area contributed by atoms with E-state index in [-0.39, 0.29) is 11.7 Å². The molecule has 1 N–H and O–H groups in total. The number of likely N-dealkylation sites (tertiary alicyclic amines) is 1. The third kappa shape index (κ3) is 3.17. The number of nitrogens with one attached hydrogen (secondary N) is 1. The number of nitrogens with zero attached hydrogens (tertiary/aromatic N) is 3. The molecule has 2 fully saturated rings. The molecule has 1 aromatic heterocycles. The molecule has 1 saturated heterocycles. The number of H-pyrrole nitrogens is 1. The van der Waals surface area contributed by atoms with Gasteiger partial charge in [-0.05, 0) is 56.6 Å². The number of aromatic amines is 1. The average Bonchev–Trinajstić information content (AvgIpc) is 2.96. The van der Waals surface area contributed by atoms with Crippen molar-refractivity contribution in [3.05, 3.63) is 33.2 Å². The number of hydrogen-bond donors (Lipinski definition) is 1. The molecular formula is C20H25ClN4O. The quantitative estimate of drug-likeness (QED) is 0.864. The zero-order valence-corrected chi connectivity index (χ0v) is 15.9. The molecule has 2 heterocycles. The lowest BCUT2D eigenvalue weighted by atomic mass is 9.85. The van der Waals surface area contributed by atoms with Crippen molar-refractivity contribution in [1.29, 1.82) is 5.26 Å². The van der Waals surface area contributed by atoms with Crippen LogP contribution in [0.4, 0.5) is 0 Å². The average molecular weight is 373 g/mol. The van der Waals surface area contributed by atoms with Gasteiger partial charge in [-0.3, -0.25) is 4.57 Å². The Morgan fingerprint density at radius 1 is 1.12 bits per heavy atom. The lowest BCUT2D eigenvalue weighted by Crippen LogP contribution is -2.44. The van der Waals surface area contributed by atoms with Crippen LogP contribution in [0.5, 0.6) is 0 Å². The van der Waals surface area contributed by atoms with E-state index in [1.807, 2.05) is 4.57 Å². The highest BCUT2D eigenvalue weighted by atomic mass is 35.5. The van der Waals surface area contributed by atoms with Gasteiger partial charge in [-0.15, -0.1) is 0 Å². The van der Waals surface area contributed by atoms with Gasteiger partial charge < -0.3 is 9.88 Å². The Kier molecular flexibility index (Phi) is 4.81. The maximum Gasteiger partial charge on any atom is 0.326 e. The first kappa shape index (κ1) is 17.6. The van der Waals surface area contributed by atoms with Gasteiger partial charge in [0.05, 0.1) is 21.6 Å². The maximum atomic E-state index is 12.5. The van der Waals surface area contributed by atoms with Crippen molar-refractivity contribution in [3.8, 4) is 6.07 Å². The number of rotatable bonds is 2. The molecule has 1 aliphatic heterocycles. The second-order valence-electron chi connectivity index (χ2n) is 7.94. The number of nitriles is 1. The van der Waals surface area contributed by atoms with Crippen molar-refractivity contribution < 1.29 is 0 Å². The van der Waals surface area contributed by atoms with Crippen molar-refractivity contribution in [2.24, 2.45) is 5.92 Å². The number of halogens is 1. The van der Waals surface area contributed by atoms with E-state index in [1.165, 1.54) is 25.7 Å². The Labute approximate surface area is 158 Å². The third-order valence-corrected chi connectivity index (χ3v) is 6.60. The van der Waals surface area contributed by atoms with E-state index >= 15 is 0 Å². The predicted octanol–water partition coefficient (Wildman–Crippen LogP) is 4.07.